The van der Waals surface area contributed by atoms with Gasteiger partial charge in [-0.1, -0.05) is 105 Å². The van der Waals surface area contributed by atoms with Crippen LogP contribution in [0, 0.1) is 12.1 Å². The van der Waals surface area contributed by atoms with Crippen molar-refractivity contribution in [1.82, 2.24) is 14.5 Å². The smallest absolute Gasteiger partial charge is 0 e. The Labute approximate surface area is 411 Å². The molecule has 0 saturated heterocycles. The molecule has 4 aromatic heterocycles. The minimum Gasteiger partial charge on any atom is 0 e. The van der Waals surface area contributed by atoms with Gasteiger partial charge in [0.2, 0.25) is 0 Å². The van der Waals surface area contributed by atoms with Gasteiger partial charge in [-0.15, -0.1) is 18.2 Å². The molecule has 0 unspecified atom stereocenters. The van der Waals surface area contributed by atoms with Crippen molar-refractivity contribution in [2.75, 3.05) is 0 Å². The quantitative estimate of drug-likeness (QED) is 0.112. The van der Waals surface area contributed by atoms with Crippen LogP contribution in [0.2, 0.25) is 17.3 Å². The third-order valence-corrected chi connectivity index (χ3v) is 16.9. The van der Waals surface area contributed by atoms with Crippen LogP contribution in [0.3, 0.4) is 0 Å². The first-order valence-corrected chi connectivity index (χ1v) is 30.4. The monoisotopic (exact) mass is 1120 g/mol. The van der Waals surface area contributed by atoms with Gasteiger partial charge in [0, 0.05) is 42.0 Å². The van der Waals surface area contributed by atoms with Crippen molar-refractivity contribution < 1.29 is 30.3 Å². The molecule has 7 heteroatoms. The zero-order chi connectivity index (χ0) is 46.8. The fraction of sp³-hybridized carbons (Fsp3) is 0.200. The standard InChI is InChI=1S/C43H33N2O2.C17H22GeN.Ir/c1-25(2)34-23-28(27-13-6-5-7-14-27)24-35(26(3)4)39(34)45-37-19-10-9-18-36(37)44-43(45)33-17-12-16-30-32-22-21-31-29-15-8-11-20-38(29)46-41(31)42(32)47-40(30)33;1-13(2)15-11-17(14-9-7-6-8-10-14)19-12-16(15)18(3,4)5;/h5-16,18-26H,1-4H3;6-9,11-13H,1-5H3;/q2*-1;/i;13D;. The summed E-state index contributed by atoms with van der Waals surface area (Å²) >= 11 is -2.03. The number of aromatic nitrogens is 3. The number of para-hydroxylation sites is 3. The Kier molecular flexibility index (Phi) is 12.4. The molecule has 5 nitrogen and oxygen atoms in total. The average Bonchev–Trinajstić information content (AvgIpc) is 4.03. The van der Waals surface area contributed by atoms with E-state index in [1.54, 1.807) is 0 Å². The van der Waals surface area contributed by atoms with Gasteiger partial charge in [0.05, 0.1) is 22.4 Å². The van der Waals surface area contributed by atoms with Gasteiger partial charge in [-0.05, 0) is 70.5 Å². The average molecular weight is 1120 g/mol. The summed E-state index contributed by atoms with van der Waals surface area (Å²) in [6.45, 7) is 13.0. The van der Waals surface area contributed by atoms with Crippen LogP contribution < -0.4 is 4.40 Å². The van der Waals surface area contributed by atoms with Crippen molar-refractivity contribution in [2.45, 2.75) is 76.5 Å². The number of furan rings is 2. The van der Waals surface area contributed by atoms with Crippen molar-refractivity contribution in [3.63, 3.8) is 0 Å². The summed E-state index contributed by atoms with van der Waals surface area (Å²) < 4.78 is 25.3. The van der Waals surface area contributed by atoms with Crippen LogP contribution in [0.15, 0.2) is 161 Å². The van der Waals surface area contributed by atoms with E-state index in [2.05, 4.69) is 164 Å². The fourth-order valence-corrected chi connectivity index (χ4v) is 12.7. The molecule has 0 bridgehead atoms. The van der Waals surface area contributed by atoms with E-state index in [9.17, 15) is 0 Å². The van der Waals surface area contributed by atoms with Gasteiger partial charge in [-0.3, -0.25) is 4.98 Å². The Morgan fingerprint density at radius 2 is 1.24 bits per heavy atom. The van der Waals surface area contributed by atoms with Crippen LogP contribution in [0.25, 0.3) is 94.4 Å². The first kappa shape index (κ1) is 44.8. The second-order valence-corrected chi connectivity index (χ2v) is 29.8. The molecule has 337 valence electrons. The minimum atomic E-state index is -2.03. The van der Waals surface area contributed by atoms with E-state index >= 15 is 0 Å². The molecule has 0 aliphatic rings. The Hall–Kier alpha value is -6.05. The number of nitrogens with zero attached hydrogens (tertiary/aromatic N) is 3. The van der Waals surface area contributed by atoms with Crippen LogP contribution in [-0.2, 0) is 20.1 Å². The van der Waals surface area contributed by atoms with Crippen LogP contribution in [-0.4, -0.2) is 27.8 Å². The van der Waals surface area contributed by atoms with Crippen LogP contribution >= 0.6 is 0 Å². The zero-order valence-electron chi connectivity index (χ0n) is 40.6. The molecule has 7 aromatic carbocycles. The van der Waals surface area contributed by atoms with E-state index in [0.717, 1.165) is 83.1 Å². The Morgan fingerprint density at radius 3 is 1.93 bits per heavy atom. The molecule has 0 saturated carbocycles. The maximum Gasteiger partial charge on any atom is 0 e. The van der Waals surface area contributed by atoms with Crippen LogP contribution in [0.4, 0.5) is 0 Å². The van der Waals surface area contributed by atoms with E-state index in [4.69, 9.17) is 15.2 Å². The predicted molar refractivity (Wildman–Crippen MR) is 279 cm³/mol. The zero-order valence-corrected chi connectivity index (χ0v) is 44.1. The number of rotatable bonds is 8. The SMILES string of the molecule is CC(C)c1cc(-c2ccccc2)cc(C(C)C)c1-n1c(-c2[c-]ccc3c2oc2c3ccc3c4ccccc4oc32)nc2ccccc21.[2H]C(C)(C)c1cc(-c2[c-]cccc2)nc[c]1[Ge]([CH3])([CH3])[CH3].[Ir]. The summed E-state index contributed by atoms with van der Waals surface area (Å²) in [4.78, 5) is 9.93. The first-order chi connectivity index (χ1) is 32.2. The first-order valence-electron chi connectivity index (χ1n) is 23.5. The summed E-state index contributed by atoms with van der Waals surface area (Å²) in [5.74, 6) is 7.80. The molecule has 67 heavy (non-hydrogen) atoms. The number of fused-ring (bicyclic) bond motifs is 8. The predicted octanol–water partition coefficient (Wildman–Crippen LogP) is 16.4. The van der Waals surface area contributed by atoms with Gasteiger partial charge in [0.25, 0.3) is 0 Å². The second kappa shape index (κ2) is 18.6. The summed E-state index contributed by atoms with van der Waals surface area (Å²) in [5, 5.41) is 4.16. The summed E-state index contributed by atoms with van der Waals surface area (Å²) in [5.41, 5.74) is 15.1. The fourth-order valence-electron chi connectivity index (χ4n) is 9.35. The molecule has 0 atom stereocenters. The van der Waals surface area contributed by atoms with Gasteiger partial charge >= 0.3 is 120 Å². The van der Waals surface area contributed by atoms with E-state index in [0.29, 0.717) is 0 Å². The Balaban J connectivity index is 0.000000232. The van der Waals surface area contributed by atoms with Crippen molar-refractivity contribution in [1.29, 1.82) is 0 Å². The molecule has 0 N–H and O–H groups in total. The molecule has 11 rings (SSSR count). The molecule has 11 aromatic rings. The molecule has 1 radical (unpaired) electrons. The molecular weight excluding hydrogens is 1060 g/mol. The molecule has 0 fully saturated rings. The third kappa shape index (κ3) is 8.50. The molecule has 0 aliphatic carbocycles. The van der Waals surface area contributed by atoms with Crippen molar-refractivity contribution in [3.8, 4) is 39.5 Å². The number of pyridine rings is 1. The van der Waals surface area contributed by atoms with Gasteiger partial charge in [0.15, 0.2) is 11.2 Å². The maximum atomic E-state index is 8.44. The molecule has 0 amide bonds. The topological polar surface area (TPSA) is 57.0 Å². The molecular formula is C60H55GeIrN3O2-2. The largest absolute Gasteiger partial charge is 0 e. The van der Waals surface area contributed by atoms with Gasteiger partial charge in [0.1, 0.15) is 5.58 Å². The molecule has 0 aliphatic heterocycles. The minimum absolute atomic E-state index is 0. The number of benzene rings is 7. The van der Waals surface area contributed by atoms with Crippen molar-refractivity contribution >= 4 is 72.6 Å². The number of hydrogen-bond acceptors (Lipinski definition) is 4. The Bertz CT molecular complexity index is 3580. The van der Waals surface area contributed by atoms with E-state index in [1.807, 2.05) is 68.6 Å². The third-order valence-electron chi connectivity index (χ3n) is 12.7. The number of imidazole rings is 1. The van der Waals surface area contributed by atoms with Gasteiger partial charge < -0.3 is 13.4 Å². The Morgan fingerprint density at radius 1 is 0.597 bits per heavy atom. The van der Waals surface area contributed by atoms with E-state index in [1.165, 1.54) is 32.3 Å². The summed E-state index contributed by atoms with van der Waals surface area (Å²) in [6.07, 6.45) is 2.00. The second-order valence-electron chi connectivity index (χ2n) is 19.2. The van der Waals surface area contributed by atoms with Crippen LogP contribution in [0.1, 0.15) is 77.3 Å². The van der Waals surface area contributed by atoms with Crippen molar-refractivity contribution in [2.24, 2.45) is 0 Å². The summed E-state index contributed by atoms with van der Waals surface area (Å²) in [7, 11) is 0. The maximum absolute atomic E-state index is 8.44. The number of hydrogen-bond donors (Lipinski definition) is 0. The molecule has 4 heterocycles. The van der Waals surface area contributed by atoms with Gasteiger partial charge in [-0.2, -0.15) is 0 Å². The summed E-state index contributed by atoms with van der Waals surface area (Å²) in [6, 6.07) is 57.0. The molecule has 0 spiro atoms. The van der Waals surface area contributed by atoms with Crippen molar-refractivity contribution in [3.05, 3.63) is 181 Å². The van der Waals surface area contributed by atoms with E-state index < -0.39 is 19.2 Å². The van der Waals surface area contributed by atoms with E-state index in [-0.39, 0.29) is 31.9 Å². The normalized spacial score (nSPS) is 12.3. The van der Waals surface area contributed by atoms with Gasteiger partial charge in [-0.25, -0.2) is 0 Å². The van der Waals surface area contributed by atoms with Crippen LogP contribution in [0.5, 0.6) is 0 Å².